The smallest absolute Gasteiger partial charge is 0.270 e. The largest absolute Gasteiger partial charge is 0.389 e. The van der Waals surface area contributed by atoms with Crippen molar-refractivity contribution in [3.8, 4) is 0 Å². The first-order valence-corrected chi connectivity index (χ1v) is 6.28. The molecule has 2 aromatic heterocycles. The number of carbonyl (C=O) groups is 1. The van der Waals surface area contributed by atoms with Crippen molar-refractivity contribution in [3.63, 3.8) is 0 Å². The van der Waals surface area contributed by atoms with Gasteiger partial charge in [0.1, 0.15) is 10.7 Å². The lowest BCUT2D eigenvalue weighted by Crippen LogP contribution is -2.24. The minimum Gasteiger partial charge on any atom is -0.389 e. The van der Waals surface area contributed by atoms with E-state index in [9.17, 15) is 4.79 Å². The van der Waals surface area contributed by atoms with E-state index in [0.717, 1.165) is 5.69 Å². The number of thiocarbonyl (C=S) groups is 1. The molecule has 0 saturated carbocycles. The van der Waals surface area contributed by atoms with Crippen molar-refractivity contribution < 1.29 is 4.79 Å². The molecule has 0 aliphatic carbocycles. The molecule has 0 fully saturated rings. The van der Waals surface area contributed by atoms with Crippen LogP contribution in [0.5, 0.6) is 0 Å². The van der Waals surface area contributed by atoms with Crippen LogP contribution in [0.2, 0.25) is 0 Å². The number of rotatable bonds is 4. The topological polar surface area (TPSA) is 93.8 Å². The summed E-state index contributed by atoms with van der Waals surface area (Å²) in [6.07, 6.45) is 4.75. The van der Waals surface area contributed by atoms with Crippen molar-refractivity contribution in [1.82, 2.24) is 20.3 Å². The molecule has 1 amide bonds. The van der Waals surface area contributed by atoms with Crippen molar-refractivity contribution in [1.29, 1.82) is 0 Å². The van der Waals surface area contributed by atoms with Crippen molar-refractivity contribution >= 4 is 23.1 Å². The number of pyridine rings is 1. The molecule has 0 radical (unpaired) electrons. The molecule has 0 spiro atoms. The van der Waals surface area contributed by atoms with Crippen molar-refractivity contribution in [2.24, 2.45) is 5.73 Å². The molecular weight excluding hydrogens is 274 g/mol. The summed E-state index contributed by atoms with van der Waals surface area (Å²) in [5.74, 6) is -0.290. The molecule has 0 atom stereocenters. The second-order valence-corrected chi connectivity index (χ2v) is 4.57. The quantitative estimate of drug-likeness (QED) is 0.806. The maximum Gasteiger partial charge on any atom is 0.270 e. The van der Waals surface area contributed by atoms with Crippen molar-refractivity contribution in [2.75, 3.05) is 0 Å². The Labute approximate surface area is 121 Å². The molecule has 0 aliphatic heterocycles. The molecule has 0 unspecified atom stereocenters. The highest BCUT2D eigenvalue weighted by atomic mass is 32.1. The highest BCUT2D eigenvalue weighted by Gasteiger charge is 2.08. The zero-order chi connectivity index (χ0) is 14.5. The second kappa shape index (κ2) is 6.16. The van der Waals surface area contributed by atoms with Gasteiger partial charge in [0, 0.05) is 18.0 Å². The van der Waals surface area contributed by atoms with Gasteiger partial charge in [-0.15, -0.1) is 0 Å². The van der Waals surface area contributed by atoms with E-state index in [0.29, 0.717) is 23.5 Å². The van der Waals surface area contributed by atoms with E-state index >= 15 is 0 Å². The van der Waals surface area contributed by atoms with Gasteiger partial charge in [-0.1, -0.05) is 12.2 Å². The van der Waals surface area contributed by atoms with E-state index in [2.05, 4.69) is 20.3 Å². The van der Waals surface area contributed by atoms with Crippen LogP contribution in [0, 0.1) is 6.92 Å². The predicted octanol–water partition coefficient (Wildman–Crippen LogP) is 0.744. The third-order valence-electron chi connectivity index (χ3n) is 2.55. The molecule has 2 heterocycles. The normalized spacial score (nSPS) is 10.1. The molecule has 0 bridgehead atoms. The average Bonchev–Trinajstić information content (AvgIpc) is 2.46. The average molecular weight is 287 g/mol. The lowest BCUT2D eigenvalue weighted by molar-refractivity contribution is 0.0945. The van der Waals surface area contributed by atoms with Crippen LogP contribution in [0.4, 0.5) is 0 Å². The van der Waals surface area contributed by atoms with Crippen LogP contribution in [-0.2, 0) is 6.54 Å². The Hall–Kier alpha value is -2.41. The van der Waals surface area contributed by atoms with Gasteiger partial charge in [0.25, 0.3) is 5.91 Å². The molecule has 6 nitrogen and oxygen atoms in total. The van der Waals surface area contributed by atoms with E-state index < -0.39 is 0 Å². The lowest BCUT2D eigenvalue weighted by Gasteiger charge is -2.05. The highest BCUT2D eigenvalue weighted by Crippen LogP contribution is 2.01. The maximum absolute atomic E-state index is 11.9. The van der Waals surface area contributed by atoms with E-state index in [1.54, 1.807) is 24.5 Å². The molecule has 2 rings (SSSR count). The van der Waals surface area contributed by atoms with Gasteiger partial charge in [0.2, 0.25) is 0 Å². The summed E-state index contributed by atoms with van der Waals surface area (Å²) in [6.45, 7) is 2.15. The van der Waals surface area contributed by atoms with Gasteiger partial charge in [-0.05, 0) is 19.1 Å². The summed E-state index contributed by atoms with van der Waals surface area (Å²) < 4.78 is 0. The Balaban J connectivity index is 1.97. The second-order valence-electron chi connectivity index (χ2n) is 4.13. The van der Waals surface area contributed by atoms with E-state index in [-0.39, 0.29) is 10.9 Å². The summed E-state index contributed by atoms with van der Waals surface area (Å²) in [5.41, 5.74) is 7.90. The summed E-state index contributed by atoms with van der Waals surface area (Å²) in [7, 11) is 0. The molecule has 7 heteroatoms. The fraction of sp³-hybridized carbons (Fsp3) is 0.154. The number of nitrogens with zero attached hydrogens (tertiary/aromatic N) is 3. The first kappa shape index (κ1) is 14.0. The third-order valence-corrected chi connectivity index (χ3v) is 2.78. The third kappa shape index (κ3) is 3.55. The van der Waals surface area contributed by atoms with Crippen LogP contribution in [0.15, 0.2) is 30.7 Å². The van der Waals surface area contributed by atoms with Gasteiger partial charge >= 0.3 is 0 Å². The minimum atomic E-state index is -0.290. The summed E-state index contributed by atoms with van der Waals surface area (Å²) >= 11 is 4.82. The van der Waals surface area contributed by atoms with Crippen LogP contribution in [0.25, 0.3) is 0 Å². The van der Waals surface area contributed by atoms with Gasteiger partial charge in [-0.2, -0.15) is 0 Å². The molecule has 3 N–H and O–H groups in total. The summed E-state index contributed by atoms with van der Waals surface area (Å²) in [4.78, 5) is 24.4. The molecule has 0 saturated heterocycles. The Morgan fingerprint density at radius 1 is 1.25 bits per heavy atom. The van der Waals surface area contributed by atoms with E-state index in [1.807, 2.05) is 6.92 Å². The Morgan fingerprint density at radius 3 is 2.60 bits per heavy atom. The number of aromatic nitrogens is 3. The van der Waals surface area contributed by atoms with E-state index in [1.165, 1.54) is 6.20 Å². The van der Waals surface area contributed by atoms with Gasteiger partial charge in [-0.25, -0.2) is 0 Å². The van der Waals surface area contributed by atoms with Crippen LogP contribution in [0.1, 0.15) is 27.4 Å². The number of hydrogen-bond acceptors (Lipinski definition) is 5. The molecule has 2 aromatic rings. The number of carbonyl (C=O) groups excluding carboxylic acids is 1. The molecule has 102 valence electrons. The zero-order valence-electron chi connectivity index (χ0n) is 10.8. The summed E-state index contributed by atoms with van der Waals surface area (Å²) in [5, 5.41) is 2.72. The van der Waals surface area contributed by atoms with Crippen LogP contribution in [0.3, 0.4) is 0 Å². The molecular formula is C13H13N5OS. The predicted molar refractivity (Wildman–Crippen MR) is 78.1 cm³/mol. The van der Waals surface area contributed by atoms with Gasteiger partial charge < -0.3 is 11.1 Å². The SMILES string of the molecule is Cc1cnc(CNC(=O)c2ccc(C(N)=S)cn2)cn1. The van der Waals surface area contributed by atoms with Crippen LogP contribution < -0.4 is 11.1 Å². The molecule has 0 aliphatic rings. The summed E-state index contributed by atoms with van der Waals surface area (Å²) in [6, 6.07) is 3.24. The maximum atomic E-state index is 11.9. The fourth-order valence-electron chi connectivity index (χ4n) is 1.45. The monoisotopic (exact) mass is 287 g/mol. The standard InChI is InChI=1S/C13H13N5OS/c1-8-4-16-10(6-15-8)7-18-13(19)11-3-2-9(5-17-11)12(14)20/h2-6H,7H2,1H3,(H2,14,20)(H,18,19). The van der Waals surface area contributed by atoms with Crippen molar-refractivity contribution in [2.45, 2.75) is 13.5 Å². The first-order chi connectivity index (χ1) is 9.56. The number of aryl methyl sites for hydroxylation is 1. The number of hydrogen-bond donors (Lipinski definition) is 2. The molecule has 0 aromatic carbocycles. The van der Waals surface area contributed by atoms with Crippen LogP contribution in [-0.4, -0.2) is 25.8 Å². The van der Waals surface area contributed by atoms with Gasteiger partial charge in [-0.3, -0.25) is 19.7 Å². The zero-order valence-corrected chi connectivity index (χ0v) is 11.6. The Kier molecular flexibility index (Phi) is 4.31. The van der Waals surface area contributed by atoms with Gasteiger partial charge in [0.05, 0.1) is 24.1 Å². The van der Waals surface area contributed by atoms with E-state index in [4.69, 9.17) is 18.0 Å². The molecule has 20 heavy (non-hydrogen) atoms. The van der Waals surface area contributed by atoms with Gasteiger partial charge in [0.15, 0.2) is 0 Å². The minimum absolute atomic E-state index is 0.249. The highest BCUT2D eigenvalue weighted by molar-refractivity contribution is 7.80. The number of nitrogens with two attached hydrogens (primary N) is 1. The Morgan fingerprint density at radius 2 is 2.05 bits per heavy atom. The van der Waals surface area contributed by atoms with Crippen molar-refractivity contribution in [3.05, 3.63) is 53.4 Å². The lowest BCUT2D eigenvalue weighted by atomic mass is 10.2. The Bertz CT molecular complexity index is 624. The van der Waals surface area contributed by atoms with Crippen LogP contribution >= 0.6 is 12.2 Å². The number of nitrogens with one attached hydrogen (secondary N) is 1. The fourth-order valence-corrected chi connectivity index (χ4v) is 1.57. The first-order valence-electron chi connectivity index (χ1n) is 5.88. The number of amides is 1.